The molecule has 0 saturated carbocycles. The fraction of sp³-hybridized carbons (Fsp3) is 0.318. The SMILES string of the molecule is O=C(NCCN1CCN(c2nc(Cc3ccc(F)cc3)ns2)CC1)c1cc(Cl)cc(Cl)c1. The Bertz CT molecular complexity index is 1050. The van der Waals surface area contributed by atoms with E-state index in [1.807, 2.05) is 0 Å². The maximum absolute atomic E-state index is 13.1. The molecule has 168 valence electrons. The zero-order valence-corrected chi connectivity index (χ0v) is 19.6. The topological polar surface area (TPSA) is 61.4 Å². The minimum absolute atomic E-state index is 0.185. The van der Waals surface area contributed by atoms with Gasteiger partial charge in [-0.05, 0) is 35.9 Å². The molecule has 0 atom stereocenters. The van der Waals surface area contributed by atoms with Crippen LogP contribution in [0.15, 0.2) is 42.5 Å². The van der Waals surface area contributed by atoms with Crippen molar-refractivity contribution in [3.8, 4) is 0 Å². The first-order valence-corrected chi connectivity index (χ1v) is 11.8. The van der Waals surface area contributed by atoms with E-state index in [9.17, 15) is 9.18 Å². The number of hydrogen-bond donors (Lipinski definition) is 1. The number of piperazine rings is 1. The smallest absolute Gasteiger partial charge is 0.251 e. The van der Waals surface area contributed by atoms with Crippen LogP contribution in [-0.2, 0) is 6.42 Å². The summed E-state index contributed by atoms with van der Waals surface area (Å²) in [4.78, 5) is 21.5. The van der Waals surface area contributed by atoms with Gasteiger partial charge in [0, 0.05) is 72.8 Å². The monoisotopic (exact) mass is 493 g/mol. The summed E-state index contributed by atoms with van der Waals surface area (Å²) in [5.41, 5.74) is 1.45. The van der Waals surface area contributed by atoms with Gasteiger partial charge < -0.3 is 10.2 Å². The Hall–Kier alpha value is -2.26. The highest BCUT2D eigenvalue weighted by Crippen LogP contribution is 2.21. The van der Waals surface area contributed by atoms with Gasteiger partial charge in [-0.1, -0.05) is 35.3 Å². The van der Waals surface area contributed by atoms with E-state index in [0.717, 1.165) is 49.2 Å². The molecule has 4 rings (SSSR count). The quantitative estimate of drug-likeness (QED) is 0.536. The Balaban J connectivity index is 1.21. The summed E-state index contributed by atoms with van der Waals surface area (Å²) in [6, 6.07) is 11.2. The number of aromatic nitrogens is 2. The fourth-order valence-corrected chi connectivity index (χ4v) is 4.77. The Morgan fingerprint density at radius 1 is 1.06 bits per heavy atom. The van der Waals surface area contributed by atoms with Crippen LogP contribution in [0.25, 0.3) is 0 Å². The molecule has 6 nitrogen and oxygen atoms in total. The van der Waals surface area contributed by atoms with E-state index < -0.39 is 0 Å². The highest BCUT2D eigenvalue weighted by Gasteiger charge is 2.20. The number of nitrogens with one attached hydrogen (secondary N) is 1. The van der Waals surface area contributed by atoms with Gasteiger partial charge in [-0.25, -0.2) is 9.37 Å². The van der Waals surface area contributed by atoms with Crippen molar-refractivity contribution in [2.75, 3.05) is 44.2 Å². The predicted octanol–water partition coefficient (Wildman–Crippen LogP) is 4.13. The molecule has 3 aromatic rings. The molecule has 1 saturated heterocycles. The van der Waals surface area contributed by atoms with Crippen molar-refractivity contribution in [1.29, 1.82) is 0 Å². The van der Waals surface area contributed by atoms with Crippen LogP contribution in [0.4, 0.5) is 9.52 Å². The minimum atomic E-state index is -0.244. The van der Waals surface area contributed by atoms with E-state index in [2.05, 4.69) is 24.5 Å². The number of nitrogens with zero attached hydrogens (tertiary/aromatic N) is 4. The molecule has 1 amide bonds. The van der Waals surface area contributed by atoms with Crippen molar-refractivity contribution in [3.63, 3.8) is 0 Å². The average molecular weight is 494 g/mol. The maximum atomic E-state index is 13.1. The van der Waals surface area contributed by atoms with Crippen molar-refractivity contribution in [3.05, 3.63) is 75.3 Å². The molecule has 10 heteroatoms. The third-order valence-electron chi connectivity index (χ3n) is 5.21. The van der Waals surface area contributed by atoms with Gasteiger partial charge in [0.25, 0.3) is 5.91 Å². The molecule has 2 aromatic carbocycles. The minimum Gasteiger partial charge on any atom is -0.351 e. The third kappa shape index (κ3) is 6.16. The van der Waals surface area contributed by atoms with E-state index in [1.165, 1.54) is 23.7 Å². The standard InChI is InChI=1S/C22H22Cl2FN5OS/c23-17-12-16(13-18(24)14-17)21(31)26-5-6-29-7-9-30(10-8-29)22-27-20(28-32-22)11-15-1-3-19(25)4-2-15/h1-4,12-14H,5-11H2,(H,26,31). The molecular weight excluding hydrogens is 472 g/mol. The fourth-order valence-electron chi connectivity index (χ4n) is 3.51. The molecule has 0 spiro atoms. The molecule has 1 fully saturated rings. The zero-order valence-electron chi connectivity index (χ0n) is 17.2. The summed E-state index contributed by atoms with van der Waals surface area (Å²) < 4.78 is 17.5. The lowest BCUT2D eigenvalue weighted by molar-refractivity contribution is 0.0948. The predicted molar refractivity (Wildman–Crippen MR) is 127 cm³/mol. The number of carbonyl (C=O) groups excluding carboxylic acids is 1. The molecule has 0 radical (unpaired) electrons. The summed E-state index contributed by atoms with van der Waals surface area (Å²) in [7, 11) is 0. The van der Waals surface area contributed by atoms with Gasteiger partial charge in [-0.3, -0.25) is 9.69 Å². The number of hydrogen-bond acceptors (Lipinski definition) is 6. The van der Waals surface area contributed by atoms with E-state index >= 15 is 0 Å². The van der Waals surface area contributed by atoms with Crippen LogP contribution < -0.4 is 10.2 Å². The second-order valence-electron chi connectivity index (χ2n) is 7.54. The molecule has 0 unspecified atom stereocenters. The van der Waals surface area contributed by atoms with E-state index in [0.29, 0.717) is 28.6 Å². The Kier molecular flexibility index (Phi) is 7.57. The Morgan fingerprint density at radius 3 is 2.44 bits per heavy atom. The molecular formula is C22H22Cl2FN5OS. The van der Waals surface area contributed by atoms with Gasteiger partial charge >= 0.3 is 0 Å². The number of anilines is 1. The third-order valence-corrected chi connectivity index (χ3v) is 6.47. The summed E-state index contributed by atoms with van der Waals surface area (Å²) in [5, 5.41) is 4.71. The Morgan fingerprint density at radius 2 is 1.75 bits per heavy atom. The van der Waals surface area contributed by atoms with Gasteiger partial charge in [0.05, 0.1) is 0 Å². The first kappa shape index (κ1) is 22.9. The molecule has 1 N–H and O–H groups in total. The van der Waals surface area contributed by atoms with Crippen LogP contribution in [0, 0.1) is 5.82 Å². The van der Waals surface area contributed by atoms with Gasteiger partial charge in [-0.15, -0.1) is 0 Å². The second kappa shape index (κ2) is 10.6. The number of rotatable bonds is 7. The number of halogens is 3. The van der Waals surface area contributed by atoms with Crippen LogP contribution in [0.1, 0.15) is 21.7 Å². The van der Waals surface area contributed by atoms with Crippen molar-refractivity contribution in [1.82, 2.24) is 19.6 Å². The van der Waals surface area contributed by atoms with Crippen molar-refractivity contribution in [2.24, 2.45) is 0 Å². The van der Waals surface area contributed by atoms with Crippen LogP contribution in [0.3, 0.4) is 0 Å². The van der Waals surface area contributed by atoms with Crippen LogP contribution in [-0.4, -0.2) is 59.4 Å². The molecule has 2 heterocycles. The number of carbonyl (C=O) groups is 1. The van der Waals surface area contributed by atoms with Gasteiger partial charge in [0.15, 0.2) is 0 Å². The molecule has 32 heavy (non-hydrogen) atoms. The van der Waals surface area contributed by atoms with E-state index in [1.54, 1.807) is 30.3 Å². The van der Waals surface area contributed by atoms with Crippen molar-refractivity contribution >= 4 is 45.8 Å². The summed E-state index contributed by atoms with van der Waals surface area (Å²) in [6.07, 6.45) is 0.592. The average Bonchev–Trinajstić information content (AvgIpc) is 3.23. The Labute approximate surface area is 200 Å². The second-order valence-corrected chi connectivity index (χ2v) is 9.14. The highest BCUT2D eigenvalue weighted by molar-refractivity contribution is 7.09. The van der Waals surface area contributed by atoms with Crippen LogP contribution in [0.2, 0.25) is 10.0 Å². The van der Waals surface area contributed by atoms with Gasteiger partial charge in [0.1, 0.15) is 11.6 Å². The number of amides is 1. The van der Waals surface area contributed by atoms with E-state index in [-0.39, 0.29) is 11.7 Å². The molecule has 0 aliphatic carbocycles. The summed E-state index contributed by atoms with van der Waals surface area (Å²) >= 11 is 13.3. The molecule has 0 bridgehead atoms. The lowest BCUT2D eigenvalue weighted by Crippen LogP contribution is -2.48. The molecule has 1 aliphatic rings. The first-order valence-electron chi connectivity index (χ1n) is 10.2. The highest BCUT2D eigenvalue weighted by atomic mass is 35.5. The molecule has 1 aliphatic heterocycles. The summed E-state index contributed by atoms with van der Waals surface area (Å²) in [6.45, 7) is 4.77. The normalized spacial score (nSPS) is 14.5. The van der Waals surface area contributed by atoms with Crippen molar-refractivity contribution < 1.29 is 9.18 Å². The van der Waals surface area contributed by atoms with Crippen LogP contribution >= 0.6 is 34.7 Å². The van der Waals surface area contributed by atoms with E-state index in [4.69, 9.17) is 23.2 Å². The zero-order chi connectivity index (χ0) is 22.5. The summed E-state index contributed by atoms with van der Waals surface area (Å²) in [5.74, 6) is 0.324. The van der Waals surface area contributed by atoms with Gasteiger partial charge in [-0.2, -0.15) is 4.37 Å². The molecule has 1 aromatic heterocycles. The largest absolute Gasteiger partial charge is 0.351 e. The number of benzene rings is 2. The van der Waals surface area contributed by atoms with Crippen LogP contribution in [0.5, 0.6) is 0 Å². The lowest BCUT2D eigenvalue weighted by atomic mass is 10.1. The van der Waals surface area contributed by atoms with Crippen molar-refractivity contribution in [2.45, 2.75) is 6.42 Å². The van der Waals surface area contributed by atoms with Gasteiger partial charge in [0.2, 0.25) is 5.13 Å². The maximum Gasteiger partial charge on any atom is 0.251 e. The first-order chi connectivity index (χ1) is 15.5. The lowest BCUT2D eigenvalue weighted by Gasteiger charge is -2.34.